The van der Waals surface area contributed by atoms with Gasteiger partial charge in [-0.1, -0.05) is 13.8 Å². The van der Waals surface area contributed by atoms with Crippen LogP contribution in [0.4, 0.5) is 0 Å². The Kier molecular flexibility index (Phi) is 5.85. The summed E-state index contributed by atoms with van der Waals surface area (Å²) in [5.74, 6) is 0.162. The van der Waals surface area contributed by atoms with Crippen LogP contribution in [0.15, 0.2) is 12.3 Å². The molecule has 1 fully saturated rings. The average molecular weight is 412 g/mol. The molecule has 4 heterocycles. The van der Waals surface area contributed by atoms with Crippen molar-refractivity contribution < 1.29 is 14.3 Å². The fraction of sp³-hybridized carbons (Fsp3) is 0.545. The minimum Gasteiger partial charge on any atom is -0.368 e. The molecule has 0 aromatic carbocycles. The first kappa shape index (κ1) is 20.5. The number of ether oxygens (including phenoxy) is 1. The number of aromatic amines is 1. The Labute approximate surface area is 176 Å². The summed E-state index contributed by atoms with van der Waals surface area (Å²) in [5.41, 5.74) is 5.58. The van der Waals surface area contributed by atoms with Crippen molar-refractivity contribution in [2.45, 2.75) is 65.1 Å². The number of hydrogen-bond acceptors (Lipinski definition) is 5. The van der Waals surface area contributed by atoms with Gasteiger partial charge in [-0.2, -0.15) is 5.10 Å². The molecule has 0 spiro atoms. The highest BCUT2D eigenvalue weighted by atomic mass is 16.5. The number of nitrogens with one attached hydrogen (secondary N) is 2. The van der Waals surface area contributed by atoms with Gasteiger partial charge in [0, 0.05) is 43.8 Å². The number of hydrogen-bond donors (Lipinski definition) is 2. The largest absolute Gasteiger partial charge is 0.368 e. The van der Waals surface area contributed by atoms with Gasteiger partial charge in [-0.05, 0) is 54.9 Å². The van der Waals surface area contributed by atoms with Crippen molar-refractivity contribution in [3.05, 3.63) is 46.0 Å². The van der Waals surface area contributed by atoms with Crippen LogP contribution in [-0.4, -0.2) is 51.2 Å². The SMILES string of the molecule is Cc1ncc2c(c1CNC(=O)[C@@H]1CCCO1)CCN(C(=O)c1cc(C(C)C)[nH]n1)C2. The van der Waals surface area contributed by atoms with Gasteiger partial charge in [-0.3, -0.25) is 19.7 Å². The first-order valence-electron chi connectivity index (χ1n) is 10.6. The second-order valence-electron chi connectivity index (χ2n) is 8.39. The predicted octanol–water partition coefficient (Wildman–Crippen LogP) is 2.23. The quantitative estimate of drug-likeness (QED) is 0.786. The van der Waals surface area contributed by atoms with E-state index in [1.54, 1.807) is 0 Å². The van der Waals surface area contributed by atoms with Gasteiger partial charge >= 0.3 is 0 Å². The maximum Gasteiger partial charge on any atom is 0.274 e. The van der Waals surface area contributed by atoms with Gasteiger partial charge in [0.2, 0.25) is 5.91 Å². The Balaban J connectivity index is 1.46. The zero-order valence-corrected chi connectivity index (χ0v) is 17.8. The summed E-state index contributed by atoms with van der Waals surface area (Å²) in [6, 6.07) is 1.84. The monoisotopic (exact) mass is 411 g/mol. The van der Waals surface area contributed by atoms with E-state index in [1.165, 1.54) is 5.56 Å². The van der Waals surface area contributed by atoms with Crippen LogP contribution in [0.1, 0.15) is 71.2 Å². The van der Waals surface area contributed by atoms with Crippen LogP contribution in [-0.2, 0) is 29.0 Å². The Morgan fingerprint density at radius 2 is 2.23 bits per heavy atom. The molecule has 30 heavy (non-hydrogen) atoms. The summed E-state index contributed by atoms with van der Waals surface area (Å²) in [6.45, 7) is 8.29. The first-order chi connectivity index (χ1) is 14.4. The maximum atomic E-state index is 12.9. The van der Waals surface area contributed by atoms with E-state index in [2.05, 4.69) is 34.3 Å². The second-order valence-corrected chi connectivity index (χ2v) is 8.39. The second kappa shape index (κ2) is 8.55. The third-order valence-corrected chi connectivity index (χ3v) is 5.98. The zero-order valence-electron chi connectivity index (χ0n) is 17.8. The van der Waals surface area contributed by atoms with Gasteiger partial charge in [-0.25, -0.2) is 0 Å². The fourth-order valence-electron chi connectivity index (χ4n) is 4.11. The van der Waals surface area contributed by atoms with E-state index in [0.717, 1.165) is 41.8 Å². The van der Waals surface area contributed by atoms with Gasteiger partial charge in [0.15, 0.2) is 0 Å². The lowest BCUT2D eigenvalue weighted by Gasteiger charge is -2.30. The van der Waals surface area contributed by atoms with Crippen molar-refractivity contribution in [3.8, 4) is 0 Å². The third kappa shape index (κ3) is 4.09. The van der Waals surface area contributed by atoms with Gasteiger partial charge in [-0.15, -0.1) is 0 Å². The van der Waals surface area contributed by atoms with Gasteiger partial charge in [0.05, 0.1) is 0 Å². The van der Waals surface area contributed by atoms with Crippen LogP contribution in [0, 0.1) is 6.92 Å². The molecule has 0 saturated carbocycles. The topological polar surface area (TPSA) is 100 Å². The number of aryl methyl sites for hydroxylation is 1. The standard InChI is InChI=1S/C22H29N5O3/c1-13(2)18-9-19(26-25-18)22(29)27-7-6-16-15(12-27)10-23-14(3)17(16)11-24-21(28)20-5-4-8-30-20/h9-10,13,20H,4-8,11-12H2,1-3H3,(H,24,28)(H,25,26)/t20-/m0/s1. The molecule has 2 aromatic heterocycles. The zero-order chi connectivity index (χ0) is 21.3. The van der Waals surface area contributed by atoms with E-state index in [4.69, 9.17) is 4.74 Å². The minimum atomic E-state index is -0.338. The third-order valence-electron chi connectivity index (χ3n) is 5.98. The Morgan fingerprint density at radius 3 is 2.93 bits per heavy atom. The molecule has 0 aliphatic carbocycles. The van der Waals surface area contributed by atoms with Gasteiger partial charge in [0.25, 0.3) is 5.91 Å². The van der Waals surface area contributed by atoms with Crippen molar-refractivity contribution in [3.63, 3.8) is 0 Å². The lowest BCUT2D eigenvalue weighted by molar-refractivity contribution is -0.130. The summed E-state index contributed by atoms with van der Waals surface area (Å²) in [4.78, 5) is 31.6. The molecular weight excluding hydrogens is 382 g/mol. The molecule has 2 N–H and O–H groups in total. The molecule has 2 amide bonds. The van der Waals surface area contributed by atoms with E-state index in [1.807, 2.05) is 24.1 Å². The highest BCUT2D eigenvalue weighted by molar-refractivity contribution is 5.92. The van der Waals surface area contributed by atoms with E-state index in [-0.39, 0.29) is 17.9 Å². The molecule has 0 bridgehead atoms. The Hall–Kier alpha value is -2.74. The highest BCUT2D eigenvalue weighted by Crippen LogP contribution is 2.25. The van der Waals surface area contributed by atoms with Crippen molar-refractivity contribution in [2.75, 3.05) is 13.2 Å². The van der Waals surface area contributed by atoms with Crippen LogP contribution >= 0.6 is 0 Å². The fourth-order valence-corrected chi connectivity index (χ4v) is 4.11. The molecule has 2 aliphatic heterocycles. The summed E-state index contributed by atoms with van der Waals surface area (Å²) in [5, 5.41) is 10.2. The smallest absolute Gasteiger partial charge is 0.274 e. The molecule has 8 nitrogen and oxygen atoms in total. The number of amides is 2. The first-order valence-corrected chi connectivity index (χ1v) is 10.6. The van der Waals surface area contributed by atoms with E-state index >= 15 is 0 Å². The molecule has 0 radical (unpaired) electrons. The van der Waals surface area contributed by atoms with E-state index < -0.39 is 0 Å². The Morgan fingerprint density at radius 1 is 1.40 bits per heavy atom. The van der Waals surface area contributed by atoms with Crippen molar-refractivity contribution in [1.82, 2.24) is 25.4 Å². The molecule has 2 aromatic rings. The molecule has 1 atom stereocenters. The normalized spacial score (nSPS) is 18.5. The number of pyridine rings is 1. The summed E-state index contributed by atoms with van der Waals surface area (Å²) >= 11 is 0. The van der Waals surface area contributed by atoms with Gasteiger partial charge in [0.1, 0.15) is 11.8 Å². The molecule has 8 heteroatoms. The maximum absolute atomic E-state index is 12.9. The van der Waals surface area contributed by atoms with Gasteiger partial charge < -0.3 is 15.0 Å². The van der Waals surface area contributed by atoms with Crippen LogP contribution in [0.2, 0.25) is 0 Å². The average Bonchev–Trinajstić information content (AvgIpc) is 3.44. The summed E-state index contributed by atoms with van der Waals surface area (Å²) in [7, 11) is 0. The molecule has 4 rings (SSSR count). The number of aromatic nitrogens is 3. The van der Waals surface area contributed by atoms with Crippen molar-refractivity contribution in [1.29, 1.82) is 0 Å². The number of H-pyrrole nitrogens is 1. The molecule has 0 unspecified atom stereocenters. The Bertz CT molecular complexity index is 946. The lowest BCUT2D eigenvalue weighted by atomic mass is 9.94. The van der Waals surface area contributed by atoms with Crippen LogP contribution < -0.4 is 5.32 Å². The molecule has 1 saturated heterocycles. The predicted molar refractivity (Wildman–Crippen MR) is 111 cm³/mol. The van der Waals surface area contributed by atoms with E-state index in [0.29, 0.717) is 37.9 Å². The lowest BCUT2D eigenvalue weighted by Crippen LogP contribution is -2.38. The molecule has 2 aliphatic rings. The number of fused-ring (bicyclic) bond motifs is 1. The number of carbonyl (C=O) groups excluding carboxylic acids is 2. The van der Waals surface area contributed by atoms with Crippen LogP contribution in [0.3, 0.4) is 0 Å². The summed E-state index contributed by atoms with van der Waals surface area (Å²) in [6.07, 6.45) is 3.95. The minimum absolute atomic E-state index is 0.0587. The number of nitrogens with zero attached hydrogens (tertiary/aromatic N) is 3. The van der Waals surface area contributed by atoms with E-state index in [9.17, 15) is 9.59 Å². The number of rotatable bonds is 5. The van der Waals surface area contributed by atoms with Crippen molar-refractivity contribution in [2.24, 2.45) is 0 Å². The molecular formula is C22H29N5O3. The van der Waals surface area contributed by atoms with Crippen LogP contribution in [0.5, 0.6) is 0 Å². The summed E-state index contributed by atoms with van der Waals surface area (Å²) < 4.78 is 5.46. The number of carbonyl (C=O) groups is 2. The van der Waals surface area contributed by atoms with Crippen LogP contribution in [0.25, 0.3) is 0 Å². The highest BCUT2D eigenvalue weighted by Gasteiger charge is 2.27. The molecule has 160 valence electrons. The van der Waals surface area contributed by atoms with Crippen molar-refractivity contribution >= 4 is 11.8 Å².